The summed E-state index contributed by atoms with van der Waals surface area (Å²) in [6, 6.07) is 19.4. The molecule has 0 atom stereocenters. The van der Waals surface area contributed by atoms with E-state index in [-0.39, 0.29) is 16.6 Å². The van der Waals surface area contributed by atoms with Crippen LogP contribution in [0.4, 0.5) is 10.1 Å². The number of carbonyl (C=O) groups is 1. The van der Waals surface area contributed by atoms with E-state index >= 15 is 0 Å². The lowest BCUT2D eigenvalue weighted by molar-refractivity contribution is 0.0747. The first-order valence-corrected chi connectivity index (χ1v) is 12.9. The van der Waals surface area contributed by atoms with Crippen LogP contribution in [0.5, 0.6) is 0 Å². The summed E-state index contributed by atoms with van der Waals surface area (Å²) in [7, 11) is -3.46. The maximum Gasteiger partial charge on any atom is 0.254 e. The van der Waals surface area contributed by atoms with Crippen molar-refractivity contribution in [3.05, 3.63) is 83.7 Å². The number of halogens is 1. The first-order chi connectivity index (χ1) is 15.8. The third-order valence-corrected chi connectivity index (χ3v) is 7.17. The van der Waals surface area contributed by atoms with Crippen molar-refractivity contribution in [3.8, 4) is 11.1 Å². The molecule has 1 saturated heterocycles. The molecule has 1 amide bonds. The van der Waals surface area contributed by atoms with Crippen molar-refractivity contribution < 1.29 is 17.6 Å². The smallest absolute Gasteiger partial charge is 0.254 e. The lowest BCUT2D eigenvalue weighted by atomic mass is 9.98. The number of anilines is 1. The van der Waals surface area contributed by atoms with Crippen LogP contribution in [0.15, 0.2) is 71.6 Å². The van der Waals surface area contributed by atoms with Crippen LogP contribution >= 0.6 is 0 Å². The summed E-state index contributed by atoms with van der Waals surface area (Å²) < 4.78 is 38.8. The highest BCUT2D eigenvalue weighted by atomic mass is 32.2. The predicted octanol–water partition coefficient (Wildman–Crippen LogP) is 4.42. The number of benzene rings is 3. The van der Waals surface area contributed by atoms with Crippen molar-refractivity contribution in [2.24, 2.45) is 0 Å². The Balaban J connectivity index is 1.59. The molecule has 172 valence electrons. The van der Waals surface area contributed by atoms with Crippen molar-refractivity contribution in [3.63, 3.8) is 0 Å². The highest BCUT2D eigenvalue weighted by Gasteiger charge is 2.26. The van der Waals surface area contributed by atoms with Gasteiger partial charge in [0, 0.05) is 38.0 Å². The second-order valence-corrected chi connectivity index (χ2v) is 10.3. The number of sulfone groups is 1. The van der Waals surface area contributed by atoms with Crippen LogP contribution in [0.3, 0.4) is 0 Å². The van der Waals surface area contributed by atoms with E-state index in [0.717, 1.165) is 23.8 Å². The van der Waals surface area contributed by atoms with Crippen molar-refractivity contribution in [2.45, 2.75) is 18.2 Å². The Hall–Kier alpha value is -3.19. The van der Waals surface area contributed by atoms with Crippen LogP contribution in [-0.4, -0.2) is 51.7 Å². The first kappa shape index (κ1) is 23.0. The second kappa shape index (κ2) is 9.35. The first-order valence-electron chi connectivity index (χ1n) is 11.0. The number of hydrogen-bond donors (Lipinski definition) is 0. The second-order valence-electron chi connectivity index (χ2n) is 8.26. The van der Waals surface area contributed by atoms with E-state index in [1.807, 2.05) is 48.2 Å². The summed E-state index contributed by atoms with van der Waals surface area (Å²) in [6.07, 6.45) is 1.91. The average Bonchev–Trinajstić information content (AvgIpc) is 2.83. The Kier molecular flexibility index (Phi) is 6.51. The number of rotatable bonds is 5. The van der Waals surface area contributed by atoms with Gasteiger partial charge in [-0.05, 0) is 47.4 Å². The zero-order valence-electron chi connectivity index (χ0n) is 18.8. The van der Waals surface area contributed by atoms with Gasteiger partial charge >= 0.3 is 0 Å². The molecule has 1 fully saturated rings. The topological polar surface area (TPSA) is 57.7 Å². The van der Waals surface area contributed by atoms with Gasteiger partial charge < -0.3 is 9.80 Å². The Morgan fingerprint density at radius 1 is 0.939 bits per heavy atom. The molecule has 0 N–H and O–H groups in total. The fourth-order valence-corrected chi connectivity index (χ4v) is 4.80. The molecule has 0 spiro atoms. The molecule has 0 radical (unpaired) electrons. The van der Waals surface area contributed by atoms with E-state index in [2.05, 4.69) is 0 Å². The number of amides is 1. The van der Waals surface area contributed by atoms with Crippen LogP contribution in [0.2, 0.25) is 0 Å². The largest absolute Gasteiger partial charge is 0.366 e. The van der Waals surface area contributed by atoms with Crippen LogP contribution in [-0.2, 0) is 16.3 Å². The Bertz CT molecular complexity index is 1270. The summed E-state index contributed by atoms with van der Waals surface area (Å²) in [5, 5.41) is 0. The number of carbonyl (C=O) groups excluding carboxylic acids is 1. The van der Waals surface area contributed by atoms with Crippen molar-refractivity contribution >= 4 is 21.4 Å². The molecule has 1 aliphatic heterocycles. The van der Waals surface area contributed by atoms with Crippen LogP contribution < -0.4 is 4.90 Å². The molecular weight excluding hydrogens is 439 g/mol. The van der Waals surface area contributed by atoms with E-state index in [9.17, 15) is 17.6 Å². The van der Waals surface area contributed by atoms with Gasteiger partial charge in [-0.25, -0.2) is 12.8 Å². The maximum atomic E-state index is 14.6. The molecule has 5 nitrogen and oxygen atoms in total. The minimum absolute atomic E-state index is 0.113. The maximum absolute atomic E-state index is 14.6. The van der Waals surface area contributed by atoms with Gasteiger partial charge in [0.1, 0.15) is 5.82 Å². The van der Waals surface area contributed by atoms with Gasteiger partial charge in [0.05, 0.1) is 10.6 Å². The highest BCUT2D eigenvalue weighted by molar-refractivity contribution is 7.90. The minimum atomic E-state index is -3.46. The molecule has 3 aromatic rings. The molecule has 33 heavy (non-hydrogen) atoms. The molecule has 7 heteroatoms. The molecule has 0 unspecified atom stereocenters. The van der Waals surface area contributed by atoms with E-state index in [4.69, 9.17) is 0 Å². The van der Waals surface area contributed by atoms with Gasteiger partial charge in [-0.15, -0.1) is 0 Å². The van der Waals surface area contributed by atoms with Gasteiger partial charge in [0.2, 0.25) is 0 Å². The van der Waals surface area contributed by atoms with Gasteiger partial charge in [-0.3, -0.25) is 4.79 Å². The van der Waals surface area contributed by atoms with E-state index in [1.165, 1.54) is 12.1 Å². The van der Waals surface area contributed by atoms with E-state index in [0.29, 0.717) is 43.0 Å². The third-order valence-electron chi connectivity index (χ3n) is 6.06. The number of piperazine rings is 1. The zero-order chi connectivity index (χ0) is 23.6. The summed E-state index contributed by atoms with van der Waals surface area (Å²) in [6.45, 7) is 3.83. The normalized spacial score (nSPS) is 14.4. The van der Waals surface area contributed by atoms with E-state index in [1.54, 1.807) is 23.1 Å². The van der Waals surface area contributed by atoms with Crippen LogP contribution in [0, 0.1) is 5.82 Å². The number of nitrogens with zero attached hydrogens (tertiary/aromatic N) is 2. The molecule has 0 aliphatic carbocycles. The monoisotopic (exact) mass is 466 g/mol. The predicted molar refractivity (Wildman–Crippen MR) is 129 cm³/mol. The SMILES string of the molecule is CCc1ccc(N2CCN(C(=O)c3cc(S(C)(=O)=O)ccc3-c3ccccc3)CC2)c(F)c1. The average molecular weight is 467 g/mol. The van der Waals surface area contributed by atoms with Crippen LogP contribution in [0.1, 0.15) is 22.8 Å². The molecule has 4 rings (SSSR count). The molecule has 0 aromatic heterocycles. The van der Waals surface area contributed by atoms with Gasteiger partial charge in [-0.1, -0.05) is 49.4 Å². The molecule has 0 saturated carbocycles. The standard InChI is InChI=1S/C26H27FN2O3S/c1-3-19-9-12-25(24(27)17-19)28-13-15-29(16-14-28)26(30)23-18-21(33(2,31)32)10-11-22(23)20-7-5-4-6-8-20/h4-12,17-18H,3,13-16H2,1-2H3. The van der Waals surface area contributed by atoms with Gasteiger partial charge in [0.25, 0.3) is 5.91 Å². The summed E-state index contributed by atoms with van der Waals surface area (Å²) in [4.78, 5) is 17.3. The fraction of sp³-hybridized carbons (Fsp3) is 0.269. The number of hydrogen-bond acceptors (Lipinski definition) is 4. The molecule has 3 aromatic carbocycles. The Morgan fingerprint density at radius 2 is 1.64 bits per heavy atom. The molecular formula is C26H27FN2O3S. The lowest BCUT2D eigenvalue weighted by Gasteiger charge is -2.36. The van der Waals surface area contributed by atoms with Crippen molar-refractivity contribution in [1.29, 1.82) is 0 Å². The van der Waals surface area contributed by atoms with Crippen LogP contribution in [0.25, 0.3) is 11.1 Å². The molecule has 1 aliphatic rings. The Morgan fingerprint density at radius 3 is 2.24 bits per heavy atom. The Labute approximate surface area is 194 Å². The van der Waals surface area contributed by atoms with Gasteiger partial charge in [0.15, 0.2) is 9.84 Å². The van der Waals surface area contributed by atoms with E-state index < -0.39 is 9.84 Å². The van der Waals surface area contributed by atoms with Crippen molar-refractivity contribution in [1.82, 2.24) is 4.90 Å². The minimum Gasteiger partial charge on any atom is -0.366 e. The molecule has 1 heterocycles. The number of aryl methyl sites for hydroxylation is 1. The molecule has 0 bridgehead atoms. The van der Waals surface area contributed by atoms with Crippen molar-refractivity contribution in [2.75, 3.05) is 37.3 Å². The lowest BCUT2D eigenvalue weighted by Crippen LogP contribution is -2.49. The fourth-order valence-electron chi connectivity index (χ4n) is 4.15. The quantitative estimate of drug-likeness (QED) is 0.559. The summed E-state index contributed by atoms with van der Waals surface area (Å²) in [5.74, 6) is -0.470. The summed E-state index contributed by atoms with van der Waals surface area (Å²) >= 11 is 0. The third kappa shape index (κ3) is 4.93. The van der Waals surface area contributed by atoms with Gasteiger partial charge in [-0.2, -0.15) is 0 Å². The highest BCUT2D eigenvalue weighted by Crippen LogP contribution is 2.29. The zero-order valence-corrected chi connectivity index (χ0v) is 19.6. The summed E-state index contributed by atoms with van der Waals surface area (Å²) in [5.41, 5.74) is 3.39.